The summed E-state index contributed by atoms with van der Waals surface area (Å²) in [5.74, 6) is 0. The quantitative estimate of drug-likeness (QED) is 0.724. The molecule has 72 valence electrons. The number of alkyl halides is 2. The van der Waals surface area contributed by atoms with Crippen LogP contribution in [0.15, 0.2) is 6.07 Å². The molecule has 1 rings (SSSR count). The average molecular weight is 197 g/mol. The van der Waals surface area contributed by atoms with Crippen LogP contribution in [-0.2, 0) is 0 Å². The third-order valence-corrected chi connectivity index (χ3v) is 1.57. The van der Waals surface area contributed by atoms with Gasteiger partial charge in [0.05, 0.1) is 11.3 Å². The molecule has 1 heterocycles. The third kappa shape index (κ3) is 1.66. The Hall–Kier alpha value is -2.03. The largest absolute Gasteiger partial charge is 0.397 e. The Morgan fingerprint density at radius 3 is 2.71 bits per heavy atom. The van der Waals surface area contributed by atoms with E-state index in [2.05, 4.69) is 4.98 Å². The molecule has 0 atom stereocenters. The normalized spacial score (nSPS) is 9.86. The van der Waals surface area contributed by atoms with Gasteiger partial charge in [0.2, 0.25) is 0 Å². The minimum absolute atomic E-state index is 0.158. The van der Waals surface area contributed by atoms with E-state index in [0.717, 1.165) is 6.07 Å². The van der Waals surface area contributed by atoms with Crippen molar-refractivity contribution in [2.75, 3.05) is 5.73 Å². The van der Waals surface area contributed by atoms with Crippen LogP contribution in [0.2, 0.25) is 0 Å². The van der Waals surface area contributed by atoms with Crippen LogP contribution in [0.4, 0.5) is 14.5 Å². The third-order valence-electron chi connectivity index (χ3n) is 1.57. The number of nitrogens with two attached hydrogens (primary N) is 1. The summed E-state index contributed by atoms with van der Waals surface area (Å²) in [6.07, 6.45) is -2.52. The molecule has 0 aliphatic rings. The lowest BCUT2D eigenvalue weighted by atomic mass is 10.1. The number of nitrogen functional groups attached to an aromatic ring is 1. The summed E-state index contributed by atoms with van der Waals surface area (Å²) in [6, 6.07) is 2.36. The highest BCUT2D eigenvalue weighted by atomic mass is 19.3. The SMILES string of the molecule is N#Cc1nc(C=O)c(N)cc1C(F)F. The maximum atomic E-state index is 12.3. The van der Waals surface area contributed by atoms with Crippen LogP contribution in [0, 0.1) is 11.3 Å². The summed E-state index contributed by atoms with van der Waals surface area (Å²) in [7, 11) is 0. The van der Waals surface area contributed by atoms with E-state index in [1.54, 1.807) is 0 Å². The van der Waals surface area contributed by atoms with Crippen LogP contribution < -0.4 is 5.73 Å². The fraction of sp³-hybridized carbons (Fsp3) is 0.125. The second kappa shape index (κ2) is 3.79. The number of anilines is 1. The highest BCUT2D eigenvalue weighted by Crippen LogP contribution is 2.24. The van der Waals surface area contributed by atoms with Crippen LogP contribution in [0.25, 0.3) is 0 Å². The molecule has 0 fully saturated rings. The van der Waals surface area contributed by atoms with Crippen molar-refractivity contribution >= 4 is 12.0 Å². The van der Waals surface area contributed by atoms with Crippen LogP contribution in [0.3, 0.4) is 0 Å². The maximum absolute atomic E-state index is 12.3. The van der Waals surface area contributed by atoms with E-state index < -0.39 is 17.7 Å². The Balaban J connectivity index is 3.40. The standard InChI is InChI=1S/C8H5F2N3O/c9-8(10)4-1-5(12)7(3-14)13-6(4)2-11/h1,3,8H,12H2. The number of carbonyl (C=O) groups is 1. The highest BCUT2D eigenvalue weighted by molar-refractivity contribution is 5.80. The molecule has 0 amide bonds. The summed E-state index contributed by atoms with van der Waals surface area (Å²) < 4.78 is 24.6. The lowest BCUT2D eigenvalue weighted by Crippen LogP contribution is -2.03. The lowest BCUT2D eigenvalue weighted by molar-refractivity contribution is 0.111. The molecule has 0 unspecified atom stereocenters. The van der Waals surface area contributed by atoms with Crippen molar-refractivity contribution in [3.8, 4) is 6.07 Å². The Morgan fingerprint density at radius 2 is 2.29 bits per heavy atom. The lowest BCUT2D eigenvalue weighted by Gasteiger charge is -2.04. The van der Waals surface area contributed by atoms with Gasteiger partial charge in [0.25, 0.3) is 6.43 Å². The number of nitriles is 1. The second-order valence-electron chi connectivity index (χ2n) is 2.43. The van der Waals surface area contributed by atoms with Gasteiger partial charge in [0.1, 0.15) is 17.5 Å². The molecule has 0 saturated heterocycles. The van der Waals surface area contributed by atoms with Gasteiger partial charge in [-0.3, -0.25) is 4.79 Å². The van der Waals surface area contributed by atoms with Crippen LogP contribution >= 0.6 is 0 Å². The Morgan fingerprint density at radius 1 is 1.64 bits per heavy atom. The zero-order valence-corrected chi connectivity index (χ0v) is 6.87. The monoisotopic (exact) mass is 197 g/mol. The van der Waals surface area contributed by atoms with E-state index in [1.807, 2.05) is 0 Å². The number of pyridine rings is 1. The smallest absolute Gasteiger partial charge is 0.266 e. The molecule has 0 aliphatic carbocycles. The minimum Gasteiger partial charge on any atom is -0.397 e. The fourth-order valence-electron chi connectivity index (χ4n) is 0.910. The second-order valence-corrected chi connectivity index (χ2v) is 2.43. The first-order valence-electron chi connectivity index (χ1n) is 3.54. The molecular formula is C8H5F2N3O. The van der Waals surface area contributed by atoms with E-state index in [0.29, 0.717) is 6.29 Å². The van der Waals surface area contributed by atoms with Gasteiger partial charge in [-0.25, -0.2) is 13.8 Å². The van der Waals surface area contributed by atoms with E-state index in [1.165, 1.54) is 6.07 Å². The average Bonchev–Trinajstić information content (AvgIpc) is 2.17. The van der Waals surface area contributed by atoms with Crippen molar-refractivity contribution in [2.45, 2.75) is 6.43 Å². The van der Waals surface area contributed by atoms with Gasteiger partial charge >= 0.3 is 0 Å². The molecule has 0 saturated carbocycles. The molecule has 0 radical (unpaired) electrons. The topological polar surface area (TPSA) is 79.8 Å². The minimum atomic E-state index is -2.83. The van der Waals surface area contributed by atoms with Gasteiger partial charge in [0, 0.05) is 0 Å². The van der Waals surface area contributed by atoms with Gasteiger partial charge in [-0.2, -0.15) is 5.26 Å². The highest BCUT2D eigenvalue weighted by Gasteiger charge is 2.16. The number of nitrogens with zero attached hydrogens (tertiary/aromatic N) is 2. The van der Waals surface area contributed by atoms with E-state index >= 15 is 0 Å². The number of carbonyl (C=O) groups excluding carboxylic acids is 1. The number of hydrogen-bond acceptors (Lipinski definition) is 4. The summed E-state index contributed by atoms with van der Waals surface area (Å²) in [4.78, 5) is 13.7. The van der Waals surface area contributed by atoms with E-state index in [-0.39, 0.29) is 11.4 Å². The van der Waals surface area contributed by atoms with Crippen molar-refractivity contribution in [3.05, 3.63) is 23.0 Å². The molecule has 1 aromatic heterocycles. The number of rotatable bonds is 2. The van der Waals surface area contributed by atoms with Crippen molar-refractivity contribution in [2.24, 2.45) is 0 Å². The van der Waals surface area contributed by atoms with Gasteiger partial charge in [-0.05, 0) is 6.07 Å². The van der Waals surface area contributed by atoms with Gasteiger partial charge in [-0.1, -0.05) is 0 Å². The van der Waals surface area contributed by atoms with Gasteiger partial charge < -0.3 is 5.73 Å². The Labute approximate surface area is 78.0 Å². The molecule has 2 N–H and O–H groups in total. The van der Waals surface area contributed by atoms with Crippen LogP contribution in [0.5, 0.6) is 0 Å². The summed E-state index contributed by atoms with van der Waals surface area (Å²) in [5.41, 5.74) is 3.86. The zero-order valence-electron chi connectivity index (χ0n) is 6.87. The first-order chi connectivity index (χ1) is 6.60. The number of halogens is 2. The first kappa shape index (κ1) is 10.1. The summed E-state index contributed by atoms with van der Waals surface area (Å²) in [5, 5.41) is 8.48. The predicted octanol–water partition coefficient (Wildman–Crippen LogP) is 1.29. The summed E-state index contributed by atoms with van der Waals surface area (Å²) >= 11 is 0. The van der Waals surface area contributed by atoms with E-state index in [9.17, 15) is 13.6 Å². The molecule has 0 aliphatic heterocycles. The fourth-order valence-corrected chi connectivity index (χ4v) is 0.910. The summed E-state index contributed by atoms with van der Waals surface area (Å²) in [6.45, 7) is 0. The molecule has 1 aromatic rings. The Kier molecular flexibility index (Phi) is 2.72. The number of aromatic nitrogens is 1. The van der Waals surface area contributed by atoms with Crippen LogP contribution in [-0.4, -0.2) is 11.3 Å². The van der Waals surface area contributed by atoms with Gasteiger partial charge in [0.15, 0.2) is 6.29 Å². The molecule has 0 aromatic carbocycles. The van der Waals surface area contributed by atoms with E-state index in [4.69, 9.17) is 11.0 Å². The molecule has 0 spiro atoms. The maximum Gasteiger partial charge on any atom is 0.266 e. The number of hydrogen-bond donors (Lipinski definition) is 1. The number of aldehydes is 1. The molecule has 0 bridgehead atoms. The van der Waals surface area contributed by atoms with Crippen molar-refractivity contribution in [1.29, 1.82) is 5.26 Å². The molecule has 6 heteroatoms. The molecule has 14 heavy (non-hydrogen) atoms. The molecule has 4 nitrogen and oxygen atoms in total. The zero-order chi connectivity index (χ0) is 10.7. The predicted molar refractivity (Wildman–Crippen MR) is 43.7 cm³/mol. The van der Waals surface area contributed by atoms with Crippen molar-refractivity contribution in [3.63, 3.8) is 0 Å². The first-order valence-corrected chi connectivity index (χ1v) is 3.54. The van der Waals surface area contributed by atoms with Gasteiger partial charge in [-0.15, -0.1) is 0 Å². The van der Waals surface area contributed by atoms with Crippen LogP contribution in [0.1, 0.15) is 28.2 Å². The van der Waals surface area contributed by atoms with Crippen molar-refractivity contribution < 1.29 is 13.6 Å². The molecular weight excluding hydrogens is 192 g/mol. The van der Waals surface area contributed by atoms with Crippen molar-refractivity contribution in [1.82, 2.24) is 4.98 Å². The Bertz CT molecular complexity index is 412.